The number of nitrogens with one attached hydrogen (secondary N) is 1. The van der Waals surface area contributed by atoms with E-state index in [1.807, 2.05) is 4.90 Å². The minimum atomic E-state index is -1.32. The summed E-state index contributed by atoms with van der Waals surface area (Å²) in [4.78, 5) is 25.9. The van der Waals surface area contributed by atoms with Crippen molar-refractivity contribution in [3.8, 4) is 0 Å². The van der Waals surface area contributed by atoms with E-state index in [1.165, 1.54) is 19.9 Å². The first-order chi connectivity index (χ1) is 11.9. The molecule has 0 bridgehead atoms. The fourth-order valence-corrected chi connectivity index (χ4v) is 2.65. The van der Waals surface area contributed by atoms with Crippen LogP contribution in [0.3, 0.4) is 0 Å². The molecule has 2 aliphatic heterocycles. The molecule has 2 fully saturated rings. The molecular weight excluding hydrogens is 331 g/mol. The Bertz CT molecular complexity index is 704. The highest BCUT2D eigenvalue weighted by molar-refractivity contribution is 6.15. The topological polar surface area (TPSA) is 77.1 Å². The molecule has 2 aliphatic rings. The summed E-state index contributed by atoms with van der Waals surface area (Å²) < 4.78 is 29.6. The molecule has 7 nitrogen and oxygen atoms in total. The fraction of sp³-hybridized carbons (Fsp3) is 0.412. The van der Waals surface area contributed by atoms with Gasteiger partial charge in [0.15, 0.2) is 5.57 Å². The van der Waals surface area contributed by atoms with E-state index in [9.17, 15) is 14.0 Å². The molecule has 0 atom stereocenters. The van der Waals surface area contributed by atoms with Crippen molar-refractivity contribution in [1.82, 2.24) is 0 Å². The van der Waals surface area contributed by atoms with Crippen LogP contribution in [0.2, 0.25) is 0 Å². The maximum Gasteiger partial charge on any atom is 0.350 e. The van der Waals surface area contributed by atoms with Gasteiger partial charge in [-0.05, 0) is 12.1 Å². The number of hydrogen-bond acceptors (Lipinski definition) is 7. The molecular formula is C17H19FN2O5. The minimum absolute atomic E-state index is 0.169. The zero-order valence-corrected chi connectivity index (χ0v) is 14.0. The first kappa shape index (κ1) is 17.2. The Labute approximate surface area is 144 Å². The minimum Gasteiger partial charge on any atom is -0.419 e. The van der Waals surface area contributed by atoms with E-state index in [-0.39, 0.29) is 11.3 Å². The van der Waals surface area contributed by atoms with Gasteiger partial charge in [-0.3, -0.25) is 0 Å². The first-order valence-electron chi connectivity index (χ1n) is 7.92. The van der Waals surface area contributed by atoms with Gasteiger partial charge in [0.1, 0.15) is 5.82 Å². The SMILES string of the molecule is CC1(C)OC(=O)C(=CNc2c(F)cccc2N2CCOCC2)C(=O)O1. The van der Waals surface area contributed by atoms with Crippen molar-refractivity contribution in [3.63, 3.8) is 0 Å². The van der Waals surface area contributed by atoms with Gasteiger partial charge in [-0.2, -0.15) is 0 Å². The number of halogens is 1. The third-order valence-electron chi connectivity index (χ3n) is 3.82. The number of cyclic esters (lactones) is 2. The molecule has 0 radical (unpaired) electrons. The standard InChI is InChI=1S/C17H19FN2O5/c1-17(2)24-15(21)11(16(22)25-17)10-19-14-12(18)4-3-5-13(14)20-6-8-23-9-7-20/h3-5,10,19H,6-9H2,1-2H3. The molecule has 25 heavy (non-hydrogen) atoms. The maximum absolute atomic E-state index is 14.3. The highest BCUT2D eigenvalue weighted by Crippen LogP contribution is 2.30. The van der Waals surface area contributed by atoms with Gasteiger partial charge in [-0.1, -0.05) is 6.07 Å². The predicted octanol–water partition coefficient (Wildman–Crippen LogP) is 1.79. The zero-order valence-electron chi connectivity index (χ0n) is 14.0. The van der Waals surface area contributed by atoms with Crippen molar-refractivity contribution in [2.24, 2.45) is 0 Å². The lowest BCUT2D eigenvalue weighted by Crippen LogP contribution is -2.42. The number of nitrogens with zero attached hydrogens (tertiary/aromatic N) is 1. The van der Waals surface area contributed by atoms with Crippen LogP contribution < -0.4 is 10.2 Å². The summed E-state index contributed by atoms with van der Waals surface area (Å²) in [6, 6.07) is 4.66. The second-order valence-electron chi connectivity index (χ2n) is 6.11. The van der Waals surface area contributed by atoms with Crippen molar-refractivity contribution in [2.45, 2.75) is 19.6 Å². The highest BCUT2D eigenvalue weighted by atomic mass is 19.1. The molecule has 1 aromatic carbocycles. The highest BCUT2D eigenvalue weighted by Gasteiger charge is 2.39. The zero-order chi connectivity index (χ0) is 18.0. The van der Waals surface area contributed by atoms with E-state index >= 15 is 0 Å². The molecule has 0 aromatic heterocycles. The summed E-state index contributed by atoms with van der Waals surface area (Å²) in [5.41, 5.74) is 0.468. The Balaban J connectivity index is 1.85. The molecule has 0 aliphatic carbocycles. The Morgan fingerprint density at radius 1 is 1.16 bits per heavy atom. The lowest BCUT2D eigenvalue weighted by atomic mass is 10.2. The Morgan fingerprint density at radius 2 is 1.80 bits per heavy atom. The van der Waals surface area contributed by atoms with Crippen LogP contribution in [0, 0.1) is 5.82 Å². The van der Waals surface area contributed by atoms with E-state index in [1.54, 1.807) is 12.1 Å². The van der Waals surface area contributed by atoms with Crippen LogP contribution in [0.25, 0.3) is 0 Å². The molecule has 8 heteroatoms. The van der Waals surface area contributed by atoms with Crippen molar-refractivity contribution >= 4 is 23.3 Å². The number of ether oxygens (including phenoxy) is 3. The number of benzene rings is 1. The van der Waals surface area contributed by atoms with E-state index in [2.05, 4.69) is 5.32 Å². The largest absolute Gasteiger partial charge is 0.419 e. The fourth-order valence-electron chi connectivity index (χ4n) is 2.65. The molecule has 3 rings (SSSR count). The lowest BCUT2D eigenvalue weighted by molar-refractivity contribution is -0.222. The summed E-state index contributed by atoms with van der Waals surface area (Å²) >= 11 is 0. The molecule has 134 valence electrons. The molecule has 0 saturated carbocycles. The number of morpholine rings is 1. The molecule has 1 aromatic rings. The van der Waals surface area contributed by atoms with Crippen molar-refractivity contribution in [3.05, 3.63) is 35.8 Å². The van der Waals surface area contributed by atoms with Gasteiger partial charge in [0.25, 0.3) is 5.79 Å². The molecule has 0 spiro atoms. The van der Waals surface area contributed by atoms with Crippen LogP contribution in [0.5, 0.6) is 0 Å². The van der Waals surface area contributed by atoms with E-state index in [0.29, 0.717) is 32.0 Å². The molecule has 2 heterocycles. The third kappa shape index (κ3) is 3.74. The van der Waals surface area contributed by atoms with Gasteiger partial charge in [0.05, 0.1) is 24.6 Å². The quantitative estimate of drug-likeness (QED) is 0.506. The van der Waals surface area contributed by atoms with E-state index in [4.69, 9.17) is 14.2 Å². The second-order valence-corrected chi connectivity index (χ2v) is 6.11. The number of para-hydroxylation sites is 1. The van der Waals surface area contributed by atoms with Crippen LogP contribution in [0.4, 0.5) is 15.8 Å². The monoisotopic (exact) mass is 350 g/mol. The lowest BCUT2D eigenvalue weighted by Gasteiger charge is -2.31. The molecule has 1 N–H and O–H groups in total. The second kappa shape index (κ2) is 6.72. The Morgan fingerprint density at radius 3 is 2.44 bits per heavy atom. The molecule has 0 unspecified atom stereocenters. The van der Waals surface area contributed by atoms with Gasteiger partial charge in [0.2, 0.25) is 0 Å². The van der Waals surface area contributed by atoms with E-state index < -0.39 is 23.5 Å². The summed E-state index contributed by atoms with van der Waals surface area (Å²) in [6.07, 6.45) is 1.11. The summed E-state index contributed by atoms with van der Waals surface area (Å²) in [5.74, 6) is -3.46. The number of carbonyl (C=O) groups is 2. The third-order valence-corrected chi connectivity index (χ3v) is 3.82. The van der Waals surface area contributed by atoms with Gasteiger partial charge < -0.3 is 24.4 Å². The Hall–Kier alpha value is -2.61. The Kier molecular flexibility index (Phi) is 4.63. The van der Waals surface area contributed by atoms with E-state index in [0.717, 1.165) is 6.20 Å². The summed E-state index contributed by atoms with van der Waals surface area (Å²) in [7, 11) is 0. The van der Waals surface area contributed by atoms with Crippen LogP contribution in [-0.2, 0) is 23.8 Å². The normalized spacial score (nSPS) is 20.0. The predicted molar refractivity (Wildman–Crippen MR) is 87.4 cm³/mol. The van der Waals surface area contributed by atoms with Crippen LogP contribution >= 0.6 is 0 Å². The van der Waals surface area contributed by atoms with Gasteiger partial charge >= 0.3 is 11.9 Å². The average Bonchev–Trinajstić information content (AvgIpc) is 2.55. The van der Waals surface area contributed by atoms with Gasteiger partial charge in [0, 0.05) is 33.1 Å². The maximum atomic E-state index is 14.3. The number of esters is 2. The van der Waals surface area contributed by atoms with Crippen LogP contribution in [0.15, 0.2) is 30.0 Å². The molecule has 2 saturated heterocycles. The average molecular weight is 350 g/mol. The smallest absolute Gasteiger partial charge is 0.350 e. The van der Waals surface area contributed by atoms with Crippen LogP contribution in [0.1, 0.15) is 13.8 Å². The molecule has 0 amide bonds. The van der Waals surface area contributed by atoms with Crippen molar-refractivity contribution in [2.75, 3.05) is 36.5 Å². The van der Waals surface area contributed by atoms with Crippen molar-refractivity contribution in [1.29, 1.82) is 0 Å². The number of carbonyl (C=O) groups excluding carboxylic acids is 2. The number of hydrogen-bond donors (Lipinski definition) is 1. The first-order valence-corrected chi connectivity index (χ1v) is 7.92. The van der Waals surface area contributed by atoms with Crippen LogP contribution in [-0.4, -0.2) is 44.0 Å². The van der Waals surface area contributed by atoms with Gasteiger partial charge in [-0.15, -0.1) is 0 Å². The number of rotatable bonds is 3. The van der Waals surface area contributed by atoms with Crippen molar-refractivity contribution < 1.29 is 28.2 Å². The van der Waals surface area contributed by atoms with Gasteiger partial charge in [-0.25, -0.2) is 14.0 Å². The number of anilines is 2. The summed E-state index contributed by atoms with van der Waals surface area (Å²) in [6.45, 7) is 5.25. The summed E-state index contributed by atoms with van der Waals surface area (Å²) in [5, 5.41) is 2.72.